The first-order chi connectivity index (χ1) is 10.0. The highest BCUT2D eigenvalue weighted by Gasteiger charge is 2.39. The van der Waals surface area contributed by atoms with Crippen LogP contribution in [0.2, 0.25) is 0 Å². The second-order valence-corrected chi connectivity index (χ2v) is 7.27. The minimum atomic E-state index is -3.33. The van der Waals surface area contributed by atoms with Gasteiger partial charge in [-0.1, -0.05) is 30.3 Å². The van der Waals surface area contributed by atoms with E-state index in [2.05, 4.69) is 0 Å². The molecule has 0 aliphatic carbocycles. The van der Waals surface area contributed by atoms with E-state index in [1.54, 1.807) is 36.4 Å². The van der Waals surface area contributed by atoms with Crippen molar-refractivity contribution < 1.29 is 17.9 Å². The highest BCUT2D eigenvalue weighted by atomic mass is 32.2. The zero-order chi connectivity index (χ0) is 15.0. The Morgan fingerprint density at radius 3 is 2.67 bits per heavy atom. The van der Waals surface area contributed by atoms with Crippen molar-refractivity contribution in [2.45, 2.75) is 16.7 Å². The van der Waals surface area contributed by atoms with Crippen molar-refractivity contribution in [2.24, 2.45) is 0 Å². The van der Waals surface area contributed by atoms with Crippen molar-refractivity contribution in [3.8, 4) is 0 Å². The van der Waals surface area contributed by atoms with E-state index >= 15 is 0 Å². The fourth-order valence-corrected chi connectivity index (χ4v) is 4.95. The van der Waals surface area contributed by atoms with Gasteiger partial charge in [-0.3, -0.25) is 0 Å². The molecule has 1 heterocycles. The monoisotopic (exact) mass is 306 g/mol. The van der Waals surface area contributed by atoms with E-state index in [4.69, 9.17) is 0 Å². The summed E-state index contributed by atoms with van der Waals surface area (Å²) < 4.78 is 37.9. The molecule has 2 aromatic carbocycles. The number of aliphatic hydroxyl groups excluding tert-OH is 1. The molecule has 0 fully saturated rings. The Kier molecular flexibility index (Phi) is 3.55. The molecule has 0 radical (unpaired) electrons. The van der Waals surface area contributed by atoms with Crippen LogP contribution in [0.4, 0.5) is 4.39 Å². The topological polar surface area (TPSA) is 54.4 Å². The molecule has 1 aliphatic heterocycles. The Hall–Kier alpha value is -1.72. The lowest BCUT2D eigenvalue weighted by Gasteiger charge is -2.22. The van der Waals surface area contributed by atoms with Gasteiger partial charge in [-0.2, -0.15) is 0 Å². The Morgan fingerprint density at radius 2 is 1.95 bits per heavy atom. The van der Waals surface area contributed by atoms with E-state index in [0.29, 0.717) is 16.0 Å². The standard InChI is InChI=1S/C16H15FO3S/c17-12-5-3-4-11(8-12)14(9-18)15-10-21(19,20)16-7-2-1-6-13(15)16/h1-8,14-15,18H,9-10H2. The second kappa shape index (κ2) is 5.24. The van der Waals surface area contributed by atoms with Crippen molar-refractivity contribution in [2.75, 3.05) is 12.4 Å². The van der Waals surface area contributed by atoms with Crippen LogP contribution in [0.25, 0.3) is 0 Å². The number of sulfone groups is 1. The highest BCUT2D eigenvalue weighted by molar-refractivity contribution is 7.91. The van der Waals surface area contributed by atoms with Gasteiger partial charge in [0.2, 0.25) is 0 Å². The quantitative estimate of drug-likeness (QED) is 0.948. The SMILES string of the molecule is O=S1(=O)CC(C(CO)c2cccc(F)c2)c2ccccc21. The van der Waals surface area contributed by atoms with Crippen LogP contribution in [0.15, 0.2) is 53.4 Å². The average Bonchev–Trinajstić information content (AvgIpc) is 2.73. The van der Waals surface area contributed by atoms with Gasteiger partial charge >= 0.3 is 0 Å². The van der Waals surface area contributed by atoms with Crippen LogP contribution >= 0.6 is 0 Å². The van der Waals surface area contributed by atoms with Crippen LogP contribution < -0.4 is 0 Å². The molecule has 0 amide bonds. The number of aliphatic hydroxyl groups is 1. The van der Waals surface area contributed by atoms with Gasteiger partial charge in [-0.05, 0) is 29.3 Å². The summed E-state index contributed by atoms with van der Waals surface area (Å²) in [5.74, 6) is -1.22. The van der Waals surface area contributed by atoms with Crippen LogP contribution in [-0.2, 0) is 9.84 Å². The smallest absolute Gasteiger partial charge is 0.179 e. The molecule has 5 heteroatoms. The highest BCUT2D eigenvalue weighted by Crippen LogP contribution is 2.43. The number of fused-ring (bicyclic) bond motifs is 1. The van der Waals surface area contributed by atoms with Gasteiger partial charge in [-0.25, -0.2) is 12.8 Å². The largest absolute Gasteiger partial charge is 0.396 e. The summed E-state index contributed by atoms with van der Waals surface area (Å²) in [7, 11) is -3.33. The molecular weight excluding hydrogens is 291 g/mol. The third-order valence-corrected chi connectivity index (χ3v) is 5.85. The molecule has 3 nitrogen and oxygen atoms in total. The van der Waals surface area contributed by atoms with E-state index < -0.39 is 15.8 Å². The maximum absolute atomic E-state index is 13.4. The molecule has 2 unspecified atom stereocenters. The fraction of sp³-hybridized carbons (Fsp3) is 0.250. The normalized spacial score (nSPS) is 21.0. The Morgan fingerprint density at radius 1 is 1.19 bits per heavy atom. The minimum Gasteiger partial charge on any atom is -0.396 e. The summed E-state index contributed by atoms with van der Waals surface area (Å²) in [4.78, 5) is 0.324. The lowest BCUT2D eigenvalue weighted by Crippen LogP contribution is -2.17. The summed E-state index contributed by atoms with van der Waals surface area (Å²) in [6, 6.07) is 12.8. The van der Waals surface area contributed by atoms with Crippen molar-refractivity contribution >= 4 is 9.84 Å². The Bertz CT molecular complexity index is 771. The molecular formula is C16H15FO3S. The lowest BCUT2D eigenvalue weighted by molar-refractivity contribution is 0.252. The van der Waals surface area contributed by atoms with Crippen molar-refractivity contribution in [1.82, 2.24) is 0 Å². The van der Waals surface area contributed by atoms with Crippen molar-refractivity contribution in [1.29, 1.82) is 0 Å². The summed E-state index contributed by atoms with van der Waals surface area (Å²) in [5, 5.41) is 9.71. The third-order valence-electron chi connectivity index (χ3n) is 4.01. The lowest BCUT2D eigenvalue weighted by atomic mass is 9.83. The number of rotatable bonds is 3. The molecule has 0 aromatic heterocycles. The zero-order valence-electron chi connectivity index (χ0n) is 11.2. The van der Waals surface area contributed by atoms with Crippen LogP contribution in [0.5, 0.6) is 0 Å². The van der Waals surface area contributed by atoms with Gasteiger partial charge in [0.15, 0.2) is 9.84 Å². The molecule has 1 aliphatic rings. The van der Waals surface area contributed by atoms with Gasteiger partial charge in [0.1, 0.15) is 5.82 Å². The fourth-order valence-electron chi connectivity index (χ4n) is 3.02. The predicted octanol–water partition coefficient (Wildman–Crippen LogP) is 2.47. The first-order valence-corrected chi connectivity index (χ1v) is 8.36. The number of benzene rings is 2. The van der Waals surface area contributed by atoms with Gasteiger partial charge < -0.3 is 5.11 Å². The average molecular weight is 306 g/mol. The maximum atomic E-state index is 13.4. The van der Waals surface area contributed by atoms with Gasteiger partial charge in [-0.15, -0.1) is 0 Å². The van der Waals surface area contributed by atoms with E-state index in [1.165, 1.54) is 12.1 Å². The zero-order valence-corrected chi connectivity index (χ0v) is 12.1. The van der Waals surface area contributed by atoms with Crippen LogP contribution in [-0.4, -0.2) is 25.9 Å². The molecule has 2 aromatic rings. The van der Waals surface area contributed by atoms with Crippen molar-refractivity contribution in [3.63, 3.8) is 0 Å². The second-order valence-electron chi connectivity index (χ2n) is 5.27. The van der Waals surface area contributed by atoms with Crippen LogP contribution in [0, 0.1) is 5.82 Å². The van der Waals surface area contributed by atoms with Crippen LogP contribution in [0.3, 0.4) is 0 Å². The molecule has 1 N–H and O–H groups in total. The van der Waals surface area contributed by atoms with Crippen LogP contribution in [0.1, 0.15) is 23.0 Å². The minimum absolute atomic E-state index is 0.0475. The van der Waals surface area contributed by atoms with E-state index in [0.717, 1.165) is 0 Å². The molecule has 21 heavy (non-hydrogen) atoms. The van der Waals surface area contributed by atoms with Gasteiger partial charge in [0, 0.05) is 11.8 Å². The maximum Gasteiger partial charge on any atom is 0.179 e. The Labute approximate surface area is 123 Å². The molecule has 3 rings (SSSR count). The molecule has 0 saturated heterocycles. The number of hydrogen-bond donors (Lipinski definition) is 1. The molecule has 0 spiro atoms. The summed E-state index contributed by atoms with van der Waals surface area (Å²) in [6.45, 7) is -0.224. The molecule has 0 saturated carbocycles. The summed E-state index contributed by atoms with van der Waals surface area (Å²) in [5.41, 5.74) is 1.33. The van der Waals surface area contributed by atoms with E-state index in [1.807, 2.05) is 0 Å². The first kappa shape index (κ1) is 14.2. The first-order valence-electron chi connectivity index (χ1n) is 6.71. The summed E-state index contributed by atoms with van der Waals surface area (Å²) in [6.07, 6.45) is 0. The summed E-state index contributed by atoms with van der Waals surface area (Å²) >= 11 is 0. The third kappa shape index (κ3) is 2.47. The van der Waals surface area contributed by atoms with E-state index in [9.17, 15) is 17.9 Å². The number of hydrogen-bond acceptors (Lipinski definition) is 3. The number of halogens is 1. The van der Waals surface area contributed by atoms with Crippen molar-refractivity contribution in [3.05, 3.63) is 65.5 Å². The van der Waals surface area contributed by atoms with Gasteiger partial charge in [0.25, 0.3) is 0 Å². The van der Waals surface area contributed by atoms with Gasteiger partial charge in [0.05, 0.1) is 17.3 Å². The molecule has 2 atom stereocenters. The predicted molar refractivity (Wildman–Crippen MR) is 77.5 cm³/mol. The molecule has 0 bridgehead atoms. The van der Waals surface area contributed by atoms with E-state index in [-0.39, 0.29) is 24.1 Å². The molecule has 110 valence electrons. The Balaban J connectivity index is 2.08.